The first-order chi connectivity index (χ1) is 13.1. The summed E-state index contributed by atoms with van der Waals surface area (Å²) in [6, 6.07) is 6.59. The predicted molar refractivity (Wildman–Crippen MR) is 98.8 cm³/mol. The number of benzene rings is 2. The van der Waals surface area contributed by atoms with Crippen LogP contribution in [-0.2, 0) is 15.1 Å². The van der Waals surface area contributed by atoms with Crippen molar-refractivity contribution in [2.45, 2.75) is 19.4 Å². The predicted octanol–water partition coefficient (Wildman–Crippen LogP) is 3.33. The standard InChI is InChI=1S/C19H16ClF2N3O3/c1-10-3-5-12(8-14(10)20)23-16(26)9-25-17(27)19(2,24-18(25)28)13-7-11(21)4-6-15(13)22/h3-8H,9H2,1-2H3,(H,23,26)(H,24,28)/t19-/m1/s1. The molecular formula is C19H16ClF2N3O3. The average Bonchev–Trinajstić information content (AvgIpc) is 2.84. The van der Waals surface area contributed by atoms with Crippen molar-refractivity contribution in [2.75, 3.05) is 11.9 Å². The lowest BCUT2D eigenvalue weighted by molar-refractivity contribution is -0.133. The summed E-state index contributed by atoms with van der Waals surface area (Å²) in [6.45, 7) is 2.46. The summed E-state index contributed by atoms with van der Waals surface area (Å²) in [5.74, 6) is -3.11. The fraction of sp³-hybridized carbons (Fsp3) is 0.211. The maximum Gasteiger partial charge on any atom is 0.325 e. The zero-order valence-corrected chi connectivity index (χ0v) is 15.7. The average molecular weight is 408 g/mol. The number of urea groups is 1. The van der Waals surface area contributed by atoms with Crippen molar-refractivity contribution < 1.29 is 23.2 Å². The van der Waals surface area contributed by atoms with E-state index in [9.17, 15) is 23.2 Å². The molecule has 0 radical (unpaired) electrons. The van der Waals surface area contributed by atoms with E-state index in [1.54, 1.807) is 19.1 Å². The number of amides is 4. The quantitative estimate of drug-likeness (QED) is 0.763. The summed E-state index contributed by atoms with van der Waals surface area (Å²) in [5.41, 5.74) is -0.927. The van der Waals surface area contributed by atoms with Gasteiger partial charge in [0.05, 0.1) is 0 Å². The van der Waals surface area contributed by atoms with E-state index in [4.69, 9.17) is 11.6 Å². The molecular weight excluding hydrogens is 392 g/mol. The molecule has 3 rings (SSSR count). The van der Waals surface area contributed by atoms with Crippen LogP contribution >= 0.6 is 11.6 Å². The van der Waals surface area contributed by atoms with Gasteiger partial charge in [0.1, 0.15) is 23.7 Å². The van der Waals surface area contributed by atoms with Crippen molar-refractivity contribution in [3.05, 3.63) is 64.2 Å². The molecule has 1 heterocycles. The first kappa shape index (κ1) is 19.8. The topological polar surface area (TPSA) is 78.5 Å². The maximum absolute atomic E-state index is 14.1. The summed E-state index contributed by atoms with van der Waals surface area (Å²) in [6.07, 6.45) is 0. The minimum atomic E-state index is -1.82. The lowest BCUT2D eigenvalue weighted by atomic mass is 9.91. The highest BCUT2D eigenvalue weighted by Gasteiger charge is 2.50. The van der Waals surface area contributed by atoms with Crippen LogP contribution in [0.15, 0.2) is 36.4 Å². The van der Waals surface area contributed by atoms with E-state index < -0.39 is 41.6 Å². The summed E-state index contributed by atoms with van der Waals surface area (Å²) < 4.78 is 27.7. The Labute approximate surface area is 164 Å². The fourth-order valence-electron chi connectivity index (χ4n) is 2.92. The van der Waals surface area contributed by atoms with Crippen molar-refractivity contribution in [3.8, 4) is 0 Å². The Morgan fingerprint density at radius 3 is 2.61 bits per heavy atom. The molecule has 28 heavy (non-hydrogen) atoms. The number of nitrogens with zero attached hydrogens (tertiary/aromatic N) is 1. The first-order valence-corrected chi connectivity index (χ1v) is 8.65. The molecule has 2 aromatic rings. The van der Waals surface area contributed by atoms with E-state index >= 15 is 0 Å². The number of aryl methyl sites for hydroxylation is 1. The largest absolute Gasteiger partial charge is 0.325 e. The van der Waals surface area contributed by atoms with E-state index in [0.717, 1.165) is 23.8 Å². The summed E-state index contributed by atoms with van der Waals surface area (Å²) in [5, 5.41) is 5.31. The van der Waals surface area contributed by atoms with Crippen molar-refractivity contribution in [1.82, 2.24) is 10.2 Å². The number of imide groups is 1. The van der Waals surface area contributed by atoms with Gasteiger partial charge in [0.15, 0.2) is 0 Å². The number of hydrogen-bond donors (Lipinski definition) is 2. The van der Waals surface area contributed by atoms with Crippen LogP contribution in [0.2, 0.25) is 5.02 Å². The van der Waals surface area contributed by atoms with E-state index in [1.807, 2.05) is 0 Å². The Hall–Kier alpha value is -3.00. The van der Waals surface area contributed by atoms with E-state index in [1.165, 1.54) is 13.0 Å². The third kappa shape index (κ3) is 3.55. The number of carbonyl (C=O) groups is 3. The molecule has 0 aliphatic carbocycles. The molecule has 1 fully saturated rings. The Morgan fingerprint density at radius 2 is 1.93 bits per heavy atom. The normalized spacial score (nSPS) is 19.0. The van der Waals surface area contributed by atoms with Crippen LogP contribution in [0, 0.1) is 18.6 Å². The van der Waals surface area contributed by atoms with Crippen molar-refractivity contribution >= 4 is 35.1 Å². The lowest BCUT2D eigenvalue weighted by Crippen LogP contribution is -2.42. The first-order valence-electron chi connectivity index (χ1n) is 8.27. The molecule has 1 saturated heterocycles. The van der Waals surface area contributed by atoms with Gasteiger partial charge in [-0.05, 0) is 49.7 Å². The van der Waals surface area contributed by atoms with Gasteiger partial charge in [-0.15, -0.1) is 0 Å². The van der Waals surface area contributed by atoms with Gasteiger partial charge in [-0.1, -0.05) is 17.7 Å². The molecule has 6 nitrogen and oxygen atoms in total. The van der Waals surface area contributed by atoms with Crippen LogP contribution in [0.5, 0.6) is 0 Å². The van der Waals surface area contributed by atoms with Crippen LogP contribution in [0.3, 0.4) is 0 Å². The number of halogens is 3. The molecule has 0 spiro atoms. The lowest BCUT2D eigenvalue weighted by Gasteiger charge is -2.22. The molecule has 2 aromatic carbocycles. The highest BCUT2D eigenvalue weighted by molar-refractivity contribution is 6.31. The molecule has 0 saturated carbocycles. The molecule has 146 valence electrons. The molecule has 2 N–H and O–H groups in total. The van der Waals surface area contributed by atoms with Crippen LogP contribution in [0.25, 0.3) is 0 Å². The van der Waals surface area contributed by atoms with Crippen molar-refractivity contribution in [1.29, 1.82) is 0 Å². The summed E-state index contributed by atoms with van der Waals surface area (Å²) in [7, 11) is 0. The third-order valence-corrected chi connectivity index (χ3v) is 4.91. The highest BCUT2D eigenvalue weighted by Crippen LogP contribution is 2.31. The van der Waals surface area contributed by atoms with Gasteiger partial charge in [0.25, 0.3) is 5.91 Å². The molecule has 0 bridgehead atoms. The van der Waals surface area contributed by atoms with Gasteiger partial charge in [-0.25, -0.2) is 13.6 Å². The van der Waals surface area contributed by atoms with Gasteiger partial charge in [-0.3, -0.25) is 14.5 Å². The summed E-state index contributed by atoms with van der Waals surface area (Å²) >= 11 is 6.00. The van der Waals surface area contributed by atoms with E-state index in [2.05, 4.69) is 10.6 Å². The smallest absolute Gasteiger partial charge is 0.324 e. The number of carbonyl (C=O) groups excluding carboxylic acids is 3. The Kier molecular flexibility index (Phi) is 5.08. The second kappa shape index (κ2) is 7.20. The minimum absolute atomic E-state index is 0.320. The highest BCUT2D eigenvalue weighted by atomic mass is 35.5. The number of rotatable bonds is 4. The van der Waals surface area contributed by atoms with Crippen LogP contribution in [-0.4, -0.2) is 29.3 Å². The molecule has 0 aromatic heterocycles. The Morgan fingerprint density at radius 1 is 1.21 bits per heavy atom. The van der Waals surface area contributed by atoms with Gasteiger partial charge < -0.3 is 10.6 Å². The van der Waals surface area contributed by atoms with E-state index in [-0.39, 0.29) is 5.56 Å². The maximum atomic E-state index is 14.1. The second-order valence-corrected chi connectivity index (χ2v) is 6.99. The Balaban J connectivity index is 1.79. The van der Waals surface area contributed by atoms with Crippen molar-refractivity contribution in [2.24, 2.45) is 0 Å². The molecule has 1 aliphatic rings. The van der Waals surface area contributed by atoms with Gasteiger partial charge in [0.2, 0.25) is 5.91 Å². The SMILES string of the molecule is Cc1ccc(NC(=O)CN2C(=O)N[C@](C)(c3cc(F)ccc3F)C2=O)cc1Cl. The number of anilines is 1. The zero-order valence-electron chi connectivity index (χ0n) is 15.0. The van der Waals surface area contributed by atoms with Crippen LogP contribution < -0.4 is 10.6 Å². The zero-order chi connectivity index (χ0) is 20.6. The minimum Gasteiger partial charge on any atom is -0.324 e. The molecule has 4 amide bonds. The second-order valence-electron chi connectivity index (χ2n) is 6.58. The van der Waals surface area contributed by atoms with Crippen LogP contribution in [0.4, 0.5) is 19.3 Å². The Bertz CT molecular complexity index is 998. The molecule has 9 heteroatoms. The van der Waals surface area contributed by atoms with E-state index in [0.29, 0.717) is 15.6 Å². The number of hydrogen-bond acceptors (Lipinski definition) is 3. The third-order valence-electron chi connectivity index (χ3n) is 4.50. The van der Waals surface area contributed by atoms with Crippen molar-refractivity contribution in [3.63, 3.8) is 0 Å². The summed E-state index contributed by atoms with van der Waals surface area (Å²) in [4.78, 5) is 37.9. The van der Waals surface area contributed by atoms with Gasteiger partial charge in [-0.2, -0.15) is 0 Å². The molecule has 1 aliphatic heterocycles. The van der Waals surface area contributed by atoms with Gasteiger partial charge in [0, 0.05) is 16.3 Å². The van der Waals surface area contributed by atoms with Crippen LogP contribution in [0.1, 0.15) is 18.1 Å². The number of nitrogens with one attached hydrogen (secondary N) is 2. The van der Waals surface area contributed by atoms with Gasteiger partial charge >= 0.3 is 6.03 Å². The molecule has 1 atom stereocenters. The monoisotopic (exact) mass is 407 g/mol. The fourth-order valence-corrected chi connectivity index (χ4v) is 3.10. The molecule has 0 unspecified atom stereocenters.